The van der Waals surface area contributed by atoms with E-state index >= 15 is 0 Å². The van der Waals surface area contributed by atoms with Crippen molar-refractivity contribution in [1.82, 2.24) is 0 Å². The molecule has 8 heteroatoms. The highest BCUT2D eigenvalue weighted by Crippen LogP contribution is 2.53. The Labute approximate surface area is 158 Å². The number of ether oxygens (including phenoxy) is 5. The van der Waals surface area contributed by atoms with E-state index in [2.05, 4.69) is 0 Å². The lowest BCUT2D eigenvalue weighted by Crippen LogP contribution is -2.43. The van der Waals surface area contributed by atoms with Crippen molar-refractivity contribution in [1.29, 1.82) is 0 Å². The quantitative estimate of drug-likeness (QED) is 0.686. The number of benzene rings is 2. The fourth-order valence-corrected chi connectivity index (χ4v) is 4.15. The lowest BCUT2D eigenvalue weighted by molar-refractivity contribution is 0.0541. The van der Waals surface area contributed by atoms with Crippen LogP contribution in [0.15, 0.2) is 28.9 Å². The smallest absolute Gasteiger partial charge is 0.231 e. The number of Topliss-reactive ketones (excluding diaryl/α,β-unsaturated/α-hetero) is 1. The topological polar surface area (TPSA) is 96.6 Å². The second-order valence-corrected chi connectivity index (χ2v) is 6.80. The molecule has 3 aromatic rings. The van der Waals surface area contributed by atoms with E-state index in [0.717, 1.165) is 0 Å². The van der Waals surface area contributed by atoms with E-state index in [4.69, 9.17) is 28.1 Å². The van der Waals surface area contributed by atoms with Crippen LogP contribution in [0.1, 0.15) is 21.8 Å². The molecule has 4 heterocycles. The van der Waals surface area contributed by atoms with Crippen molar-refractivity contribution >= 4 is 16.8 Å². The summed E-state index contributed by atoms with van der Waals surface area (Å²) in [6.07, 6.45) is 0.850. The number of methoxy groups -OCH3 is 1. The molecule has 3 aliphatic rings. The molecule has 0 radical (unpaired) electrons. The Morgan fingerprint density at radius 2 is 1.96 bits per heavy atom. The number of carbonyl (C=O) groups is 1. The highest BCUT2D eigenvalue weighted by Gasteiger charge is 2.47. The molecule has 0 saturated carbocycles. The normalized spacial score (nSPS) is 21.4. The molecule has 1 aromatic heterocycles. The summed E-state index contributed by atoms with van der Waals surface area (Å²) in [5.74, 6) is 1.01. The molecule has 6 rings (SSSR count). The summed E-state index contributed by atoms with van der Waals surface area (Å²) < 4.78 is 33.6. The maximum Gasteiger partial charge on any atom is 0.231 e. The number of carbonyl (C=O) groups excluding carboxylic acids is 1. The lowest BCUT2D eigenvalue weighted by atomic mass is 9.81. The van der Waals surface area contributed by atoms with Crippen LogP contribution in [0.5, 0.6) is 34.5 Å². The average molecular weight is 382 g/mol. The van der Waals surface area contributed by atoms with Crippen molar-refractivity contribution in [2.24, 2.45) is 0 Å². The van der Waals surface area contributed by atoms with Gasteiger partial charge in [0.1, 0.15) is 29.8 Å². The maximum absolute atomic E-state index is 13.5. The fourth-order valence-electron chi connectivity index (χ4n) is 4.15. The number of phenols is 1. The molecule has 28 heavy (non-hydrogen) atoms. The number of ketones is 1. The maximum atomic E-state index is 13.5. The Morgan fingerprint density at radius 3 is 2.79 bits per heavy atom. The molecule has 0 aliphatic carbocycles. The summed E-state index contributed by atoms with van der Waals surface area (Å²) in [6, 6.07) is 5.05. The molecular weight excluding hydrogens is 368 g/mol. The summed E-state index contributed by atoms with van der Waals surface area (Å²) in [7, 11) is 1.46. The van der Waals surface area contributed by atoms with Gasteiger partial charge in [-0.25, -0.2) is 0 Å². The Kier molecular flexibility index (Phi) is 2.91. The van der Waals surface area contributed by atoms with Gasteiger partial charge in [0.25, 0.3) is 0 Å². The van der Waals surface area contributed by atoms with Gasteiger partial charge in [-0.1, -0.05) is 0 Å². The summed E-state index contributed by atoms with van der Waals surface area (Å²) >= 11 is 0. The van der Waals surface area contributed by atoms with Crippen molar-refractivity contribution in [2.45, 2.75) is 12.0 Å². The lowest BCUT2D eigenvalue weighted by Gasteiger charge is -2.37. The molecule has 1 N–H and O–H groups in total. The van der Waals surface area contributed by atoms with Gasteiger partial charge in [-0.2, -0.15) is 0 Å². The SMILES string of the molecule is COc1c2c(c(O)c3ccoc13)C(=O)[C@H]1c3cc4c(cc3OC[C@H]1O2)OCO4. The number of rotatable bonds is 1. The van der Waals surface area contributed by atoms with Gasteiger partial charge in [0.15, 0.2) is 28.6 Å². The number of fused-ring (bicyclic) bond motifs is 6. The standard InChI is InChI=1S/C20H14O8/c1-23-20-18-8(2-3-24-18)16(21)15-17(22)14-9-4-11-12(27-7-26-11)5-10(9)25-6-13(14)28-19(15)20/h2-5,13-14,21H,6-7H2,1H3/t13-,14+/m1/s1. The predicted molar refractivity (Wildman–Crippen MR) is 94.0 cm³/mol. The number of hydrogen-bond donors (Lipinski definition) is 1. The van der Waals surface area contributed by atoms with Gasteiger partial charge in [0.05, 0.1) is 24.7 Å². The summed E-state index contributed by atoms with van der Waals surface area (Å²) in [5.41, 5.74) is 1.05. The minimum Gasteiger partial charge on any atom is -0.506 e. The van der Waals surface area contributed by atoms with E-state index in [0.29, 0.717) is 33.8 Å². The summed E-state index contributed by atoms with van der Waals surface area (Å²) in [6.45, 7) is 0.290. The van der Waals surface area contributed by atoms with Crippen LogP contribution in [0.2, 0.25) is 0 Å². The highest BCUT2D eigenvalue weighted by atomic mass is 16.7. The van der Waals surface area contributed by atoms with Crippen LogP contribution < -0.4 is 23.7 Å². The number of phenolic OH excluding ortho intramolecular Hbond substituents is 1. The van der Waals surface area contributed by atoms with Crippen molar-refractivity contribution in [3.05, 3.63) is 35.6 Å². The molecule has 0 bridgehead atoms. The zero-order valence-corrected chi connectivity index (χ0v) is 14.7. The van der Waals surface area contributed by atoms with Crippen molar-refractivity contribution in [3.8, 4) is 34.5 Å². The van der Waals surface area contributed by atoms with Crippen molar-refractivity contribution in [2.75, 3.05) is 20.5 Å². The molecule has 0 saturated heterocycles. The zero-order chi connectivity index (χ0) is 19.0. The third kappa shape index (κ3) is 1.81. The average Bonchev–Trinajstić information content (AvgIpc) is 3.35. The fraction of sp³-hybridized carbons (Fsp3) is 0.250. The third-order valence-corrected chi connectivity index (χ3v) is 5.41. The number of furan rings is 1. The minimum atomic E-state index is -0.647. The first-order chi connectivity index (χ1) is 13.7. The molecule has 0 fully saturated rings. The monoisotopic (exact) mass is 382 g/mol. The van der Waals surface area contributed by atoms with Crippen LogP contribution in [-0.2, 0) is 0 Å². The van der Waals surface area contributed by atoms with E-state index < -0.39 is 12.0 Å². The van der Waals surface area contributed by atoms with Gasteiger partial charge in [0.2, 0.25) is 12.5 Å². The summed E-state index contributed by atoms with van der Waals surface area (Å²) in [4.78, 5) is 13.5. The molecule has 0 amide bonds. The Bertz CT molecular complexity index is 1160. The van der Waals surface area contributed by atoms with Crippen LogP contribution in [0, 0.1) is 0 Å². The first-order valence-corrected chi connectivity index (χ1v) is 8.74. The van der Waals surface area contributed by atoms with Gasteiger partial charge in [-0.05, 0) is 12.1 Å². The largest absolute Gasteiger partial charge is 0.506 e. The minimum absolute atomic E-state index is 0.0810. The van der Waals surface area contributed by atoms with E-state index in [-0.39, 0.29) is 42.0 Å². The highest BCUT2D eigenvalue weighted by molar-refractivity contribution is 6.13. The van der Waals surface area contributed by atoms with Gasteiger partial charge in [-0.15, -0.1) is 0 Å². The van der Waals surface area contributed by atoms with Crippen LogP contribution in [0.4, 0.5) is 0 Å². The molecule has 8 nitrogen and oxygen atoms in total. The number of hydrogen-bond acceptors (Lipinski definition) is 8. The van der Waals surface area contributed by atoms with E-state index in [1.165, 1.54) is 13.4 Å². The van der Waals surface area contributed by atoms with E-state index in [1.807, 2.05) is 0 Å². The predicted octanol–water partition coefficient (Wildman–Crippen LogP) is 3.00. The molecule has 0 unspecified atom stereocenters. The molecule has 2 atom stereocenters. The second kappa shape index (κ2) is 5.25. The van der Waals surface area contributed by atoms with Crippen molar-refractivity contribution < 1.29 is 38.0 Å². The van der Waals surface area contributed by atoms with E-state index in [9.17, 15) is 9.90 Å². The van der Waals surface area contributed by atoms with Gasteiger partial charge < -0.3 is 33.2 Å². The van der Waals surface area contributed by atoms with Gasteiger partial charge >= 0.3 is 0 Å². The van der Waals surface area contributed by atoms with Crippen LogP contribution >= 0.6 is 0 Å². The molecular formula is C20H14O8. The van der Waals surface area contributed by atoms with E-state index in [1.54, 1.807) is 18.2 Å². The zero-order valence-electron chi connectivity index (χ0n) is 14.7. The van der Waals surface area contributed by atoms with Crippen LogP contribution in [-0.4, -0.2) is 37.5 Å². The summed E-state index contributed by atoms with van der Waals surface area (Å²) in [5, 5.41) is 11.2. The van der Waals surface area contributed by atoms with Crippen LogP contribution in [0.25, 0.3) is 11.0 Å². The van der Waals surface area contributed by atoms with Gasteiger partial charge in [0, 0.05) is 11.6 Å². The van der Waals surface area contributed by atoms with Crippen molar-refractivity contribution in [3.63, 3.8) is 0 Å². The molecule has 142 valence electrons. The Morgan fingerprint density at radius 1 is 1.14 bits per heavy atom. The molecule has 3 aliphatic heterocycles. The molecule has 2 aromatic carbocycles. The Balaban J connectivity index is 1.58. The number of aromatic hydroxyl groups is 1. The van der Waals surface area contributed by atoms with Gasteiger partial charge in [-0.3, -0.25) is 4.79 Å². The first kappa shape index (κ1) is 15.5. The first-order valence-electron chi connectivity index (χ1n) is 8.74. The van der Waals surface area contributed by atoms with Crippen LogP contribution in [0.3, 0.4) is 0 Å². The Hall–Kier alpha value is -3.55. The molecule has 0 spiro atoms. The third-order valence-electron chi connectivity index (χ3n) is 5.41. The second-order valence-electron chi connectivity index (χ2n) is 6.80.